The Hall–Kier alpha value is -0.660. The van der Waals surface area contributed by atoms with Gasteiger partial charge in [0.1, 0.15) is 12.0 Å². The zero-order valence-electron chi connectivity index (χ0n) is 6.47. The van der Waals surface area contributed by atoms with Gasteiger partial charge in [0.2, 0.25) is 0 Å². The van der Waals surface area contributed by atoms with E-state index in [0.29, 0.717) is 5.92 Å². The summed E-state index contributed by atoms with van der Waals surface area (Å²) in [7, 11) is 3.26. The molecule has 0 fully saturated rings. The molecule has 2 heteroatoms. The van der Waals surface area contributed by atoms with Gasteiger partial charge >= 0.3 is 0 Å². The summed E-state index contributed by atoms with van der Waals surface area (Å²) in [6, 6.07) is 0. The molecule has 0 heterocycles. The molecule has 0 N–H and O–H groups in total. The summed E-state index contributed by atoms with van der Waals surface area (Å²) >= 11 is 0. The molecule has 0 saturated heterocycles. The predicted molar refractivity (Wildman–Crippen MR) is 36.9 cm³/mol. The number of allylic oxidation sites excluding steroid dienone is 1. The van der Waals surface area contributed by atoms with Crippen LogP contribution in [0, 0.1) is 5.92 Å². The Kier molecular flexibility index (Phi) is 3.93. The average molecular weight is 130 g/mol. The lowest BCUT2D eigenvalue weighted by atomic mass is 10.2. The molecular formula is C7H14O2. The third-order valence-electron chi connectivity index (χ3n) is 1.04. The van der Waals surface area contributed by atoms with E-state index in [-0.39, 0.29) is 0 Å². The maximum absolute atomic E-state index is 4.99. The van der Waals surface area contributed by atoms with E-state index >= 15 is 0 Å². The van der Waals surface area contributed by atoms with Gasteiger partial charge in [0.25, 0.3) is 0 Å². The molecule has 0 aromatic carbocycles. The lowest BCUT2D eigenvalue weighted by Gasteiger charge is -2.07. The van der Waals surface area contributed by atoms with Crippen LogP contribution in [0.15, 0.2) is 12.0 Å². The SMILES string of the molecule is CO/C=C(\OC)C(C)C. The third-order valence-corrected chi connectivity index (χ3v) is 1.04. The number of methoxy groups -OCH3 is 2. The van der Waals surface area contributed by atoms with Gasteiger partial charge in [-0.05, 0) is 0 Å². The fourth-order valence-corrected chi connectivity index (χ4v) is 0.536. The quantitative estimate of drug-likeness (QED) is 0.542. The Labute approximate surface area is 56.5 Å². The minimum atomic E-state index is 0.398. The fourth-order valence-electron chi connectivity index (χ4n) is 0.536. The molecule has 0 radical (unpaired) electrons. The van der Waals surface area contributed by atoms with E-state index in [4.69, 9.17) is 9.47 Å². The molecule has 0 unspecified atom stereocenters. The first-order valence-corrected chi connectivity index (χ1v) is 2.99. The Morgan fingerprint density at radius 2 is 1.89 bits per heavy atom. The molecule has 0 bridgehead atoms. The van der Waals surface area contributed by atoms with Gasteiger partial charge in [0.05, 0.1) is 14.2 Å². The van der Waals surface area contributed by atoms with Crippen molar-refractivity contribution in [2.45, 2.75) is 13.8 Å². The summed E-state index contributed by atoms with van der Waals surface area (Å²) < 4.78 is 9.76. The fraction of sp³-hybridized carbons (Fsp3) is 0.714. The van der Waals surface area contributed by atoms with Gasteiger partial charge in [-0.15, -0.1) is 0 Å². The number of hydrogen-bond donors (Lipinski definition) is 0. The van der Waals surface area contributed by atoms with Crippen LogP contribution < -0.4 is 0 Å². The van der Waals surface area contributed by atoms with Crippen molar-refractivity contribution in [1.29, 1.82) is 0 Å². The topological polar surface area (TPSA) is 18.5 Å². The van der Waals surface area contributed by atoms with Crippen molar-refractivity contribution in [1.82, 2.24) is 0 Å². The van der Waals surface area contributed by atoms with Crippen molar-refractivity contribution >= 4 is 0 Å². The van der Waals surface area contributed by atoms with E-state index < -0.39 is 0 Å². The van der Waals surface area contributed by atoms with Crippen LogP contribution in [0.4, 0.5) is 0 Å². The lowest BCUT2D eigenvalue weighted by Crippen LogP contribution is -1.96. The van der Waals surface area contributed by atoms with Crippen LogP contribution in [0.25, 0.3) is 0 Å². The highest BCUT2D eigenvalue weighted by molar-refractivity contribution is 4.90. The summed E-state index contributed by atoms with van der Waals surface area (Å²) in [5.41, 5.74) is 0. The van der Waals surface area contributed by atoms with E-state index in [0.717, 1.165) is 5.76 Å². The zero-order chi connectivity index (χ0) is 7.28. The summed E-state index contributed by atoms with van der Waals surface area (Å²) in [6.45, 7) is 4.10. The Morgan fingerprint density at radius 1 is 1.33 bits per heavy atom. The van der Waals surface area contributed by atoms with E-state index in [1.807, 2.05) is 13.8 Å². The van der Waals surface area contributed by atoms with Crippen molar-refractivity contribution < 1.29 is 9.47 Å². The van der Waals surface area contributed by atoms with Gasteiger partial charge in [0, 0.05) is 5.92 Å². The normalized spacial score (nSPS) is 11.9. The minimum Gasteiger partial charge on any atom is -0.501 e. The molecule has 9 heavy (non-hydrogen) atoms. The first kappa shape index (κ1) is 8.34. The molecule has 0 saturated carbocycles. The van der Waals surface area contributed by atoms with Gasteiger partial charge in [-0.25, -0.2) is 0 Å². The highest BCUT2D eigenvalue weighted by atomic mass is 16.5. The standard InChI is InChI=1S/C7H14O2/c1-6(2)7(9-4)5-8-3/h5-6H,1-4H3/b7-5-. The van der Waals surface area contributed by atoms with Gasteiger partial charge in [-0.2, -0.15) is 0 Å². The van der Waals surface area contributed by atoms with Crippen molar-refractivity contribution in [3.8, 4) is 0 Å². The highest BCUT2D eigenvalue weighted by Gasteiger charge is 2.00. The molecule has 0 aliphatic carbocycles. The summed E-state index contributed by atoms with van der Waals surface area (Å²) in [5, 5.41) is 0. The molecule has 0 amide bonds. The van der Waals surface area contributed by atoms with Crippen molar-refractivity contribution in [3.05, 3.63) is 12.0 Å². The number of rotatable bonds is 3. The van der Waals surface area contributed by atoms with Crippen LogP contribution >= 0.6 is 0 Å². The summed E-state index contributed by atoms with van der Waals surface area (Å²) in [4.78, 5) is 0. The predicted octanol–water partition coefficient (Wildman–Crippen LogP) is 1.78. The average Bonchev–Trinajstić information content (AvgIpc) is 1.82. The van der Waals surface area contributed by atoms with Crippen LogP contribution in [0.1, 0.15) is 13.8 Å². The van der Waals surface area contributed by atoms with Gasteiger partial charge in [-0.1, -0.05) is 13.8 Å². The molecular weight excluding hydrogens is 116 g/mol. The summed E-state index contributed by atoms with van der Waals surface area (Å²) in [5.74, 6) is 1.27. The lowest BCUT2D eigenvalue weighted by molar-refractivity contribution is 0.219. The van der Waals surface area contributed by atoms with Gasteiger partial charge < -0.3 is 9.47 Å². The van der Waals surface area contributed by atoms with Crippen LogP contribution in [0.5, 0.6) is 0 Å². The van der Waals surface area contributed by atoms with Crippen molar-refractivity contribution in [2.75, 3.05) is 14.2 Å². The van der Waals surface area contributed by atoms with Gasteiger partial charge in [0.15, 0.2) is 0 Å². The maximum Gasteiger partial charge on any atom is 0.132 e. The molecule has 0 aromatic rings. The Bertz CT molecular complexity index is 95.1. The zero-order valence-corrected chi connectivity index (χ0v) is 6.47. The summed E-state index contributed by atoms with van der Waals surface area (Å²) in [6.07, 6.45) is 1.62. The van der Waals surface area contributed by atoms with E-state index in [1.54, 1.807) is 20.5 Å². The second-order valence-corrected chi connectivity index (χ2v) is 2.11. The molecule has 2 nitrogen and oxygen atoms in total. The molecule has 0 aliphatic rings. The second kappa shape index (κ2) is 4.24. The monoisotopic (exact) mass is 130 g/mol. The van der Waals surface area contributed by atoms with Crippen LogP contribution in [0.2, 0.25) is 0 Å². The van der Waals surface area contributed by atoms with Crippen LogP contribution in [0.3, 0.4) is 0 Å². The minimum absolute atomic E-state index is 0.398. The molecule has 0 spiro atoms. The largest absolute Gasteiger partial charge is 0.501 e. The van der Waals surface area contributed by atoms with Crippen molar-refractivity contribution in [3.63, 3.8) is 0 Å². The van der Waals surface area contributed by atoms with Crippen LogP contribution in [-0.2, 0) is 9.47 Å². The smallest absolute Gasteiger partial charge is 0.132 e. The molecule has 54 valence electrons. The van der Waals surface area contributed by atoms with E-state index in [9.17, 15) is 0 Å². The molecule has 0 aliphatic heterocycles. The van der Waals surface area contributed by atoms with E-state index in [2.05, 4.69) is 0 Å². The first-order valence-electron chi connectivity index (χ1n) is 2.99. The second-order valence-electron chi connectivity index (χ2n) is 2.11. The highest BCUT2D eigenvalue weighted by Crippen LogP contribution is 2.08. The van der Waals surface area contributed by atoms with Gasteiger partial charge in [-0.3, -0.25) is 0 Å². The van der Waals surface area contributed by atoms with Crippen molar-refractivity contribution in [2.24, 2.45) is 5.92 Å². The maximum atomic E-state index is 4.99. The Balaban J connectivity index is 3.81. The number of hydrogen-bond acceptors (Lipinski definition) is 2. The molecule has 0 rings (SSSR count). The van der Waals surface area contributed by atoms with Crippen LogP contribution in [-0.4, -0.2) is 14.2 Å². The Morgan fingerprint density at radius 3 is 2.00 bits per heavy atom. The third kappa shape index (κ3) is 3.01. The van der Waals surface area contributed by atoms with E-state index in [1.165, 1.54) is 0 Å². The molecule has 0 aromatic heterocycles. The number of ether oxygens (including phenoxy) is 2. The first-order chi connectivity index (χ1) is 4.22. The molecule has 0 atom stereocenters.